The van der Waals surface area contributed by atoms with Crippen molar-refractivity contribution in [2.24, 2.45) is 0 Å². The Morgan fingerprint density at radius 1 is 0.864 bits per heavy atom. The molecule has 0 radical (unpaired) electrons. The SMILES string of the molecule is c1cc2cc3c(cc2s1)-c1[nH]c2cc4ccsc4cc2c1C3. The van der Waals surface area contributed by atoms with E-state index in [1.54, 1.807) is 0 Å². The van der Waals surface area contributed by atoms with Crippen molar-refractivity contribution in [3.05, 3.63) is 58.3 Å². The average Bonchev–Trinajstić information content (AvgIpc) is 3.25. The highest BCUT2D eigenvalue weighted by Crippen LogP contribution is 2.43. The molecule has 3 heteroatoms. The fourth-order valence-electron chi connectivity index (χ4n) is 3.75. The molecule has 6 rings (SSSR count). The fourth-order valence-corrected chi connectivity index (χ4v) is 5.37. The second kappa shape index (κ2) is 3.80. The van der Waals surface area contributed by atoms with Crippen molar-refractivity contribution in [2.75, 3.05) is 0 Å². The number of hydrogen-bond donors (Lipinski definition) is 1. The van der Waals surface area contributed by atoms with Gasteiger partial charge < -0.3 is 4.98 Å². The number of rotatable bonds is 0. The van der Waals surface area contributed by atoms with Gasteiger partial charge >= 0.3 is 0 Å². The summed E-state index contributed by atoms with van der Waals surface area (Å²) in [6, 6.07) is 13.8. The van der Waals surface area contributed by atoms with Crippen molar-refractivity contribution in [2.45, 2.75) is 6.42 Å². The van der Waals surface area contributed by atoms with Gasteiger partial charge in [0.05, 0.1) is 5.69 Å². The van der Waals surface area contributed by atoms with Crippen LogP contribution in [-0.2, 0) is 6.42 Å². The van der Waals surface area contributed by atoms with Gasteiger partial charge in [0.15, 0.2) is 0 Å². The van der Waals surface area contributed by atoms with Crippen LogP contribution in [0.2, 0.25) is 0 Å². The number of thiophene rings is 2. The Balaban J connectivity index is 1.71. The van der Waals surface area contributed by atoms with E-state index in [-0.39, 0.29) is 0 Å². The van der Waals surface area contributed by atoms with Crippen LogP contribution in [0.4, 0.5) is 0 Å². The third-order valence-corrected chi connectivity index (χ3v) is 6.55. The summed E-state index contributed by atoms with van der Waals surface area (Å²) in [5.41, 5.74) is 6.92. The van der Waals surface area contributed by atoms with Gasteiger partial charge in [-0.1, -0.05) is 0 Å². The van der Waals surface area contributed by atoms with Crippen molar-refractivity contribution in [3.8, 4) is 11.3 Å². The molecular formula is C19H11NS2. The first-order valence-corrected chi connectivity index (χ1v) is 9.15. The van der Waals surface area contributed by atoms with Gasteiger partial charge in [0, 0.05) is 32.3 Å². The van der Waals surface area contributed by atoms with Crippen LogP contribution in [0.5, 0.6) is 0 Å². The molecule has 1 aliphatic carbocycles. The van der Waals surface area contributed by atoms with Crippen molar-refractivity contribution < 1.29 is 0 Å². The number of nitrogens with one attached hydrogen (secondary N) is 1. The van der Waals surface area contributed by atoms with Crippen LogP contribution in [0.3, 0.4) is 0 Å². The number of benzene rings is 2. The highest BCUT2D eigenvalue weighted by atomic mass is 32.1. The maximum atomic E-state index is 3.68. The van der Waals surface area contributed by atoms with E-state index >= 15 is 0 Å². The Morgan fingerprint density at radius 3 is 2.50 bits per heavy atom. The molecule has 0 aliphatic heterocycles. The second-order valence-corrected chi connectivity index (χ2v) is 7.87. The van der Waals surface area contributed by atoms with Gasteiger partial charge in [0.1, 0.15) is 0 Å². The summed E-state index contributed by atoms with van der Waals surface area (Å²) in [7, 11) is 0. The first-order valence-electron chi connectivity index (χ1n) is 7.39. The predicted octanol–water partition coefficient (Wildman–Crippen LogP) is 6.17. The molecule has 0 fully saturated rings. The predicted molar refractivity (Wildman–Crippen MR) is 97.3 cm³/mol. The molecule has 0 saturated heterocycles. The normalized spacial score (nSPS) is 13.3. The Labute approximate surface area is 134 Å². The summed E-state index contributed by atoms with van der Waals surface area (Å²) in [6.45, 7) is 0. The summed E-state index contributed by atoms with van der Waals surface area (Å²) < 4.78 is 2.76. The molecule has 0 spiro atoms. The van der Waals surface area contributed by atoms with Gasteiger partial charge in [-0.3, -0.25) is 0 Å². The zero-order valence-electron chi connectivity index (χ0n) is 11.6. The number of aromatic nitrogens is 1. The molecule has 3 heterocycles. The van der Waals surface area contributed by atoms with E-state index in [0.29, 0.717) is 0 Å². The molecule has 22 heavy (non-hydrogen) atoms. The van der Waals surface area contributed by atoms with E-state index in [9.17, 15) is 0 Å². The lowest BCUT2D eigenvalue weighted by Crippen LogP contribution is -1.82. The fraction of sp³-hybridized carbons (Fsp3) is 0.0526. The summed E-state index contributed by atoms with van der Waals surface area (Å²) in [6.07, 6.45) is 1.05. The molecule has 1 N–H and O–H groups in total. The lowest BCUT2D eigenvalue weighted by Gasteiger charge is -2.01. The quantitative estimate of drug-likeness (QED) is 0.345. The largest absolute Gasteiger partial charge is 0.354 e. The standard InChI is InChI=1S/C19H11NS2/c1-3-21-17-8-13-12(5-10(1)17)6-15-14-9-18-11(2-4-22-18)7-16(14)20-19(13)15/h1-5,7-9,20H,6H2. The third-order valence-electron chi connectivity index (χ3n) is 4.79. The molecule has 0 saturated carbocycles. The molecule has 0 unspecified atom stereocenters. The molecule has 0 bridgehead atoms. The van der Waals surface area contributed by atoms with Gasteiger partial charge in [0.25, 0.3) is 0 Å². The third kappa shape index (κ3) is 1.33. The van der Waals surface area contributed by atoms with Crippen molar-refractivity contribution in [1.29, 1.82) is 0 Å². The smallest absolute Gasteiger partial charge is 0.0504 e. The number of fused-ring (bicyclic) bond motifs is 7. The molecule has 2 aromatic carbocycles. The minimum Gasteiger partial charge on any atom is -0.354 e. The molecule has 0 atom stereocenters. The maximum absolute atomic E-state index is 3.68. The average molecular weight is 317 g/mol. The summed E-state index contributed by atoms with van der Waals surface area (Å²) in [4.78, 5) is 3.68. The van der Waals surface area contributed by atoms with E-state index in [4.69, 9.17) is 0 Å². The Hall–Kier alpha value is -2.10. The number of H-pyrrole nitrogens is 1. The highest BCUT2D eigenvalue weighted by molar-refractivity contribution is 7.17. The van der Waals surface area contributed by atoms with Gasteiger partial charge in [-0.25, -0.2) is 0 Å². The Kier molecular flexibility index (Phi) is 1.98. The monoisotopic (exact) mass is 317 g/mol. The molecule has 5 aromatic rings. The van der Waals surface area contributed by atoms with Crippen LogP contribution in [0, 0.1) is 0 Å². The van der Waals surface area contributed by atoms with Gasteiger partial charge in [-0.05, 0) is 69.1 Å². The van der Waals surface area contributed by atoms with Crippen LogP contribution >= 0.6 is 22.7 Å². The van der Waals surface area contributed by atoms with E-state index in [1.165, 1.54) is 53.5 Å². The van der Waals surface area contributed by atoms with E-state index in [2.05, 4.69) is 52.1 Å². The maximum Gasteiger partial charge on any atom is 0.0504 e. The van der Waals surface area contributed by atoms with Crippen LogP contribution in [-0.4, -0.2) is 4.98 Å². The van der Waals surface area contributed by atoms with Crippen LogP contribution in [0.15, 0.2) is 47.2 Å². The van der Waals surface area contributed by atoms with Gasteiger partial charge in [-0.15, -0.1) is 22.7 Å². The molecular weight excluding hydrogens is 306 g/mol. The van der Waals surface area contributed by atoms with Crippen molar-refractivity contribution >= 4 is 53.7 Å². The molecule has 3 aromatic heterocycles. The topological polar surface area (TPSA) is 15.8 Å². The van der Waals surface area contributed by atoms with Crippen molar-refractivity contribution in [3.63, 3.8) is 0 Å². The lowest BCUT2D eigenvalue weighted by atomic mass is 10.1. The molecule has 1 aliphatic rings. The van der Waals surface area contributed by atoms with Gasteiger partial charge in [-0.2, -0.15) is 0 Å². The minimum atomic E-state index is 1.05. The summed E-state index contributed by atoms with van der Waals surface area (Å²) >= 11 is 3.65. The van der Waals surface area contributed by atoms with Crippen LogP contribution in [0.1, 0.15) is 11.1 Å². The number of hydrogen-bond acceptors (Lipinski definition) is 2. The van der Waals surface area contributed by atoms with Gasteiger partial charge in [0.2, 0.25) is 0 Å². The van der Waals surface area contributed by atoms with E-state index in [0.717, 1.165) is 6.42 Å². The first-order chi connectivity index (χ1) is 10.9. The number of aromatic amines is 1. The summed E-state index contributed by atoms with van der Waals surface area (Å²) in [5, 5.41) is 8.46. The first kappa shape index (κ1) is 11.5. The minimum absolute atomic E-state index is 1.05. The second-order valence-electron chi connectivity index (χ2n) is 5.98. The molecule has 104 valence electrons. The summed E-state index contributed by atoms with van der Waals surface area (Å²) in [5.74, 6) is 0. The van der Waals surface area contributed by atoms with Crippen LogP contribution < -0.4 is 0 Å². The lowest BCUT2D eigenvalue weighted by molar-refractivity contribution is 1.30. The molecule has 0 amide bonds. The Morgan fingerprint density at radius 2 is 1.64 bits per heavy atom. The Bertz CT molecular complexity index is 1200. The van der Waals surface area contributed by atoms with E-state index in [1.807, 2.05) is 22.7 Å². The molecule has 1 nitrogen and oxygen atoms in total. The zero-order valence-corrected chi connectivity index (χ0v) is 13.3. The highest BCUT2D eigenvalue weighted by Gasteiger charge is 2.24. The van der Waals surface area contributed by atoms with E-state index < -0.39 is 0 Å². The van der Waals surface area contributed by atoms with Crippen molar-refractivity contribution in [1.82, 2.24) is 4.98 Å². The van der Waals surface area contributed by atoms with Crippen LogP contribution in [0.25, 0.3) is 42.3 Å². The zero-order chi connectivity index (χ0) is 14.3.